The number of aryl methyl sites for hydroxylation is 2. The van der Waals surface area contributed by atoms with E-state index in [1.54, 1.807) is 0 Å². The van der Waals surface area contributed by atoms with E-state index in [1.807, 2.05) is 0 Å². The molecule has 0 saturated carbocycles. The van der Waals surface area contributed by atoms with Gasteiger partial charge < -0.3 is 10.6 Å². The lowest BCUT2D eigenvalue weighted by molar-refractivity contribution is 0.530. The minimum absolute atomic E-state index is 0.743. The highest BCUT2D eigenvalue weighted by Crippen LogP contribution is 2.12. The summed E-state index contributed by atoms with van der Waals surface area (Å²) >= 11 is 0. The molecule has 0 aliphatic rings. The van der Waals surface area contributed by atoms with E-state index in [4.69, 9.17) is 0 Å². The third-order valence-corrected chi connectivity index (χ3v) is 3.21. The summed E-state index contributed by atoms with van der Waals surface area (Å²) in [5, 5.41) is 7.00. The Morgan fingerprint density at radius 1 is 1.00 bits per heavy atom. The minimum atomic E-state index is 0.743. The van der Waals surface area contributed by atoms with E-state index >= 15 is 0 Å². The monoisotopic (exact) mass is 248 g/mol. The molecular formula is C16H28N2. The molecule has 102 valence electrons. The van der Waals surface area contributed by atoms with Crippen LogP contribution in [0.1, 0.15) is 37.0 Å². The van der Waals surface area contributed by atoms with Crippen LogP contribution in [-0.4, -0.2) is 19.6 Å². The van der Waals surface area contributed by atoms with Crippen LogP contribution >= 0.6 is 0 Å². The highest BCUT2D eigenvalue weighted by atomic mass is 14.9. The quantitative estimate of drug-likeness (QED) is 0.691. The van der Waals surface area contributed by atoms with Gasteiger partial charge >= 0.3 is 0 Å². The lowest BCUT2D eigenvalue weighted by Gasteiger charge is -2.11. The number of benzene rings is 1. The summed E-state index contributed by atoms with van der Waals surface area (Å²) in [4.78, 5) is 0. The van der Waals surface area contributed by atoms with E-state index in [0.29, 0.717) is 0 Å². The Morgan fingerprint density at radius 2 is 1.61 bits per heavy atom. The highest BCUT2D eigenvalue weighted by Gasteiger charge is 2.00. The van der Waals surface area contributed by atoms with Crippen LogP contribution in [0.4, 0.5) is 0 Å². The van der Waals surface area contributed by atoms with Crippen molar-refractivity contribution in [1.82, 2.24) is 10.6 Å². The van der Waals surface area contributed by atoms with Gasteiger partial charge in [0.15, 0.2) is 0 Å². The smallest absolute Gasteiger partial charge is 0.0210 e. The van der Waals surface area contributed by atoms with Crippen molar-refractivity contribution in [2.75, 3.05) is 19.6 Å². The van der Waals surface area contributed by atoms with E-state index in [-0.39, 0.29) is 0 Å². The summed E-state index contributed by atoms with van der Waals surface area (Å²) in [5.41, 5.74) is 4.23. The van der Waals surface area contributed by atoms with Gasteiger partial charge in [0.2, 0.25) is 0 Å². The fourth-order valence-electron chi connectivity index (χ4n) is 2.07. The maximum absolute atomic E-state index is 3.53. The number of rotatable bonds is 8. The Labute approximate surface area is 112 Å². The van der Waals surface area contributed by atoms with Crippen LogP contribution in [-0.2, 0) is 6.54 Å². The summed E-state index contributed by atoms with van der Waals surface area (Å²) in [6.07, 6.45) is 1.19. The summed E-state index contributed by atoms with van der Waals surface area (Å²) in [5.74, 6) is 0.743. The van der Waals surface area contributed by atoms with Crippen molar-refractivity contribution in [3.8, 4) is 0 Å². The van der Waals surface area contributed by atoms with Crippen LogP contribution in [0.2, 0.25) is 0 Å². The molecule has 0 amide bonds. The van der Waals surface area contributed by atoms with E-state index in [9.17, 15) is 0 Å². The van der Waals surface area contributed by atoms with Gasteiger partial charge in [0.1, 0.15) is 0 Å². The molecule has 1 aromatic rings. The molecule has 1 rings (SSSR count). The van der Waals surface area contributed by atoms with Gasteiger partial charge in [-0.2, -0.15) is 0 Å². The van der Waals surface area contributed by atoms with Crippen molar-refractivity contribution in [1.29, 1.82) is 0 Å². The predicted molar refractivity (Wildman–Crippen MR) is 79.9 cm³/mol. The number of nitrogens with one attached hydrogen (secondary N) is 2. The van der Waals surface area contributed by atoms with E-state index in [1.165, 1.54) is 23.1 Å². The zero-order valence-corrected chi connectivity index (χ0v) is 12.3. The van der Waals surface area contributed by atoms with Crippen LogP contribution in [0, 0.1) is 19.8 Å². The summed E-state index contributed by atoms with van der Waals surface area (Å²) in [6, 6.07) is 6.51. The van der Waals surface area contributed by atoms with Crippen molar-refractivity contribution in [2.45, 2.75) is 40.7 Å². The first-order chi connectivity index (χ1) is 8.61. The van der Waals surface area contributed by atoms with Crippen molar-refractivity contribution >= 4 is 0 Å². The van der Waals surface area contributed by atoms with Gasteiger partial charge in [-0.1, -0.05) is 32.0 Å². The van der Waals surface area contributed by atoms with Crippen LogP contribution in [0.5, 0.6) is 0 Å². The zero-order chi connectivity index (χ0) is 13.4. The second-order valence-corrected chi connectivity index (χ2v) is 5.50. The number of hydrogen-bond acceptors (Lipinski definition) is 2. The molecule has 2 heteroatoms. The Bertz CT molecular complexity index is 325. The van der Waals surface area contributed by atoms with Gasteiger partial charge in [-0.3, -0.25) is 0 Å². The van der Waals surface area contributed by atoms with Gasteiger partial charge in [0.05, 0.1) is 0 Å². The second kappa shape index (κ2) is 8.28. The van der Waals surface area contributed by atoms with Crippen LogP contribution in [0.15, 0.2) is 18.2 Å². The molecule has 0 bridgehead atoms. The zero-order valence-electron chi connectivity index (χ0n) is 12.3. The van der Waals surface area contributed by atoms with Crippen molar-refractivity contribution in [3.63, 3.8) is 0 Å². The molecule has 0 radical (unpaired) electrons. The summed E-state index contributed by atoms with van der Waals surface area (Å²) in [6.45, 7) is 13.2. The van der Waals surface area contributed by atoms with Gasteiger partial charge in [0, 0.05) is 6.54 Å². The molecule has 0 heterocycles. The molecule has 0 spiro atoms. The Hall–Kier alpha value is -0.860. The molecule has 0 unspecified atom stereocenters. The lowest BCUT2D eigenvalue weighted by atomic mass is 10.0. The predicted octanol–water partition coefficient (Wildman–Crippen LogP) is 3.03. The second-order valence-electron chi connectivity index (χ2n) is 5.50. The third kappa shape index (κ3) is 5.65. The summed E-state index contributed by atoms with van der Waals surface area (Å²) < 4.78 is 0. The lowest BCUT2D eigenvalue weighted by Crippen LogP contribution is -2.24. The molecule has 1 aromatic carbocycles. The summed E-state index contributed by atoms with van der Waals surface area (Å²) in [7, 11) is 0. The molecule has 0 saturated heterocycles. The van der Waals surface area contributed by atoms with Crippen LogP contribution in [0.3, 0.4) is 0 Å². The Morgan fingerprint density at radius 3 is 2.22 bits per heavy atom. The first-order valence-corrected chi connectivity index (χ1v) is 7.07. The largest absolute Gasteiger partial charge is 0.316 e. The van der Waals surface area contributed by atoms with Crippen LogP contribution < -0.4 is 10.6 Å². The third-order valence-electron chi connectivity index (χ3n) is 3.21. The standard InChI is InChI=1S/C16H28N2/c1-13(2)11-17-9-6-10-18-12-16-14(3)7-5-8-15(16)4/h5,7-8,13,17-18H,6,9-12H2,1-4H3. The molecule has 2 nitrogen and oxygen atoms in total. The molecule has 0 aliphatic heterocycles. The fourth-order valence-corrected chi connectivity index (χ4v) is 2.07. The van der Waals surface area contributed by atoms with E-state index < -0.39 is 0 Å². The maximum atomic E-state index is 3.53. The first-order valence-electron chi connectivity index (χ1n) is 7.07. The van der Waals surface area contributed by atoms with Gasteiger partial charge in [-0.15, -0.1) is 0 Å². The molecule has 0 fully saturated rings. The van der Waals surface area contributed by atoms with Gasteiger partial charge in [-0.25, -0.2) is 0 Å². The van der Waals surface area contributed by atoms with Gasteiger partial charge in [-0.05, 0) is 62.5 Å². The van der Waals surface area contributed by atoms with Crippen LogP contribution in [0.25, 0.3) is 0 Å². The van der Waals surface area contributed by atoms with Crippen molar-refractivity contribution in [2.24, 2.45) is 5.92 Å². The molecule has 0 aliphatic carbocycles. The SMILES string of the molecule is Cc1cccc(C)c1CNCCCNCC(C)C. The molecule has 2 N–H and O–H groups in total. The normalized spacial score (nSPS) is 11.2. The van der Waals surface area contributed by atoms with Gasteiger partial charge in [0.25, 0.3) is 0 Å². The minimum Gasteiger partial charge on any atom is -0.316 e. The first kappa shape index (κ1) is 15.2. The Kier molecular flexibility index (Phi) is 6.99. The number of hydrogen-bond donors (Lipinski definition) is 2. The van der Waals surface area contributed by atoms with E-state index in [0.717, 1.165) is 32.1 Å². The van der Waals surface area contributed by atoms with Crippen molar-refractivity contribution < 1.29 is 0 Å². The molecule has 18 heavy (non-hydrogen) atoms. The average Bonchev–Trinajstić information content (AvgIpc) is 2.30. The molecule has 0 aromatic heterocycles. The van der Waals surface area contributed by atoms with Crippen molar-refractivity contribution in [3.05, 3.63) is 34.9 Å². The topological polar surface area (TPSA) is 24.1 Å². The Balaban J connectivity index is 2.14. The van der Waals surface area contributed by atoms with E-state index in [2.05, 4.69) is 56.5 Å². The molecule has 0 atom stereocenters. The fraction of sp³-hybridized carbons (Fsp3) is 0.625. The highest BCUT2D eigenvalue weighted by molar-refractivity contribution is 5.33. The maximum Gasteiger partial charge on any atom is 0.0210 e. The molecular weight excluding hydrogens is 220 g/mol. The average molecular weight is 248 g/mol.